The van der Waals surface area contributed by atoms with Crippen molar-refractivity contribution in [2.45, 2.75) is 50.4 Å². The number of benzene rings is 1. The molecule has 3 rings (SSSR count). The van der Waals surface area contributed by atoms with Crippen LogP contribution >= 0.6 is 23.2 Å². The van der Waals surface area contributed by atoms with E-state index in [2.05, 4.69) is 6.08 Å². The number of hydrogen-bond acceptors (Lipinski definition) is 6. The summed E-state index contributed by atoms with van der Waals surface area (Å²) in [6.07, 6.45) is 2.00. The number of ketones is 2. The van der Waals surface area contributed by atoms with E-state index in [4.69, 9.17) is 28.3 Å². The maximum Gasteiger partial charge on any atom is 0.229 e. The molecule has 5 atom stereocenters. The van der Waals surface area contributed by atoms with Crippen LogP contribution in [0.4, 0.5) is 0 Å². The predicted octanol–water partition coefficient (Wildman–Crippen LogP) is 2.73. The van der Waals surface area contributed by atoms with Crippen molar-refractivity contribution in [3.63, 3.8) is 0 Å². The van der Waals surface area contributed by atoms with Crippen LogP contribution in [0.25, 0.3) is 6.08 Å². The van der Waals surface area contributed by atoms with Crippen molar-refractivity contribution in [1.29, 1.82) is 0 Å². The second-order valence-electron chi connectivity index (χ2n) is 8.17. The van der Waals surface area contributed by atoms with Gasteiger partial charge in [-0.1, -0.05) is 41.4 Å². The van der Waals surface area contributed by atoms with Crippen LogP contribution in [0.15, 0.2) is 35.4 Å². The molecule has 0 radical (unpaired) electrons. The van der Waals surface area contributed by atoms with Crippen molar-refractivity contribution in [3.05, 3.63) is 51.0 Å². The average Bonchev–Trinajstić information content (AvgIpc) is 2.78. The van der Waals surface area contributed by atoms with Gasteiger partial charge in [-0.05, 0) is 66.9 Å². The van der Waals surface area contributed by atoms with Gasteiger partial charge in [0.1, 0.15) is 18.3 Å². The highest BCUT2D eigenvalue weighted by atomic mass is 35.5. The number of Topliss-reactive ketones (excluding diaryl/α,β-unsaturated/α-hetero) is 2. The van der Waals surface area contributed by atoms with E-state index >= 15 is 0 Å². The van der Waals surface area contributed by atoms with Gasteiger partial charge >= 0.3 is 0 Å². The van der Waals surface area contributed by atoms with E-state index in [1.165, 1.54) is 11.1 Å². The summed E-state index contributed by atoms with van der Waals surface area (Å²) < 4.78 is 0. The molecule has 4 N–H and O–H groups in total. The van der Waals surface area contributed by atoms with Crippen LogP contribution in [0.1, 0.15) is 37.7 Å². The van der Waals surface area contributed by atoms with Gasteiger partial charge < -0.3 is 20.4 Å². The lowest BCUT2D eigenvalue weighted by atomic mass is 9.70. The average molecular weight is 469 g/mol. The number of carbonyl (C=O) groups is 2. The predicted molar refractivity (Wildman–Crippen MR) is 118 cm³/mol. The third kappa shape index (κ3) is 5.45. The Kier molecular flexibility index (Phi) is 8.08. The second-order valence-corrected chi connectivity index (χ2v) is 8.99. The summed E-state index contributed by atoms with van der Waals surface area (Å²) in [6.45, 7) is -0.828. The fraction of sp³-hybridized carbons (Fsp3) is 0.478. The molecule has 0 saturated heterocycles. The molecule has 1 saturated carbocycles. The zero-order valence-electron chi connectivity index (χ0n) is 16.9. The van der Waals surface area contributed by atoms with Crippen molar-refractivity contribution in [1.82, 2.24) is 0 Å². The van der Waals surface area contributed by atoms with E-state index < -0.39 is 42.4 Å². The van der Waals surface area contributed by atoms with Gasteiger partial charge in [0.25, 0.3) is 0 Å². The highest BCUT2D eigenvalue weighted by molar-refractivity contribution is 6.42. The maximum absolute atomic E-state index is 12.6. The molecule has 2 unspecified atom stereocenters. The second kappa shape index (κ2) is 10.4. The first-order valence-electron chi connectivity index (χ1n) is 10.3. The first-order chi connectivity index (χ1) is 14.7. The van der Waals surface area contributed by atoms with Gasteiger partial charge in [-0.2, -0.15) is 0 Å². The van der Waals surface area contributed by atoms with Gasteiger partial charge in [0, 0.05) is 5.92 Å². The maximum atomic E-state index is 12.6. The number of hydrogen-bond donors (Lipinski definition) is 4. The molecule has 0 aromatic heterocycles. The van der Waals surface area contributed by atoms with Crippen molar-refractivity contribution in [2.24, 2.45) is 11.8 Å². The van der Waals surface area contributed by atoms with Crippen LogP contribution in [0.5, 0.6) is 0 Å². The van der Waals surface area contributed by atoms with Crippen molar-refractivity contribution >= 4 is 40.8 Å². The molecule has 0 bridgehead atoms. The molecule has 31 heavy (non-hydrogen) atoms. The number of halogens is 2. The number of carbonyl (C=O) groups excluding carboxylic acids is 2. The number of aliphatic hydroxyl groups is 4. The van der Waals surface area contributed by atoms with Gasteiger partial charge in [0.2, 0.25) is 11.6 Å². The Bertz CT molecular complexity index is 909. The summed E-state index contributed by atoms with van der Waals surface area (Å²) >= 11 is 12.1. The molecule has 1 aromatic carbocycles. The monoisotopic (exact) mass is 468 g/mol. The summed E-state index contributed by atoms with van der Waals surface area (Å²) in [4.78, 5) is 25.0. The molecule has 168 valence electrons. The Morgan fingerprint density at radius 2 is 1.90 bits per heavy atom. The van der Waals surface area contributed by atoms with Crippen LogP contribution in [-0.4, -0.2) is 56.9 Å². The fourth-order valence-electron chi connectivity index (χ4n) is 4.35. The standard InChI is InChI=1S/C23H26Cl2O6/c24-17-7-4-12(9-18(17)25)8-13-2-1-3-14-10-15(5-6-16(13)14)20(28)22(30)23(31)21(29)19(27)11-26/h4,6-9,14-15,19,21,23,26-27,29,31H,1-3,5,10-11H2/t14?,15?,19-,21-,23+/m1/s1. The number of aliphatic hydroxyl groups excluding tert-OH is 4. The largest absolute Gasteiger partial charge is 0.394 e. The minimum absolute atomic E-state index is 0.128. The van der Waals surface area contributed by atoms with Crippen molar-refractivity contribution in [2.75, 3.05) is 6.61 Å². The number of rotatable bonds is 7. The van der Waals surface area contributed by atoms with Gasteiger partial charge in [-0.3, -0.25) is 9.59 Å². The van der Waals surface area contributed by atoms with E-state index in [0.29, 0.717) is 22.9 Å². The Hall–Kier alpha value is -1.54. The first kappa shape index (κ1) is 24.1. The lowest BCUT2D eigenvalue weighted by Gasteiger charge is -2.34. The molecule has 8 heteroatoms. The van der Waals surface area contributed by atoms with E-state index in [1.807, 2.05) is 18.2 Å². The first-order valence-corrected chi connectivity index (χ1v) is 11.1. The molecule has 0 aliphatic heterocycles. The highest BCUT2D eigenvalue weighted by Crippen LogP contribution is 2.43. The molecule has 6 nitrogen and oxygen atoms in total. The van der Waals surface area contributed by atoms with E-state index in [9.17, 15) is 24.9 Å². The van der Waals surface area contributed by atoms with Crippen LogP contribution < -0.4 is 0 Å². The summed E-state index contributed by atoms with van der Waals surface area (Å²) in [7, 11) is 0. The lowest BCUT2D eigenvalue weighted by Crippen LogP contribution is -2.47. The normalized spacial score (nSPS) is 25.4. The van der Waals surface area contributed by atoms with Crippen LogP contribution in [0, 0.1) is 11.8 Å². The van der Waals surface area contributed by atoms with Gasteiger partial charge in [-0.25, -0.2) is 0 Å². The SMILES string of the molecule is O=C(C(=O)[C@@H](O)[C@H](O)[C@H](O)CO)C1CC=C2C(=Cc3ccc(Cl)c(Cl)c3)CCCC2C1. The molecule has 0 amide bonds. The van der Waals surface area contributed by atoms with Crippen LogP contribution in [0.2, 0.25) is 10.0 Å². The zero-order chi connectivity index (χ0) is 22.7. The molecule has 2 aliphatic rings. The Labute approximate surface area is 190 Å². The summed E-state index contributed by atoms with van der Waals surface area (Å²) in [5, 5.41) is 38.9. The number of fused-ring (bicyclic) bond motifs is 1. The summed E-state index contributed by atoms with van der Waals surface area (Å²) in [5.41, 5.74) is 3.29. The van der Waals surface area contributed by atoms with Crippen molar-refractivity contribution < 1.29 is 30.0 Å². The quantitative estimate of drug-likeness (QED) is 0.457. The molecule has 0 heterocycles. The topological polar surface area (TPSA) is 115 Å². The third-order valence-electron chi connectivity index (χ3n) is 6.07. The Balaban J connectivity index is 1.74. The zero-order valence-corrected chi connectivity index (χ0v) is 18.4. The fourth-order valence-corrected chi connectivity index (χ4v) is 4.65. The molecule has 1 aromatic rings. The molecule has 2 aliphatic carbocycles. The Morgan fingerprint density at radius 1 is 1.16 bits per heavy atom. The van der Waals surface area contributed by atoms with E-state index in [-0.39, 0.29) is 5.92 Å². The third-order valence-corrected chi connectivity index (χ3v) is 6.81. The molecular formula is C23H26Cl2O6. The minimum atomic E-state index is -2.06. The molecule has 1 fully saturated rings. The molecule has 0 spiro atoms. The van der Waals surface area contributed by atoms with Gasteiger partial charge in [0.05, 0.1) is 16.7 Å². The summed E-state index contributed by atoms with van der Waals surface area (Å²) in [5.74, 6) is -2.35. The Morgan fingerprint density at radius 3 is 2.58 bits per heavy atom. The van der Waals surface area contributed by atoms with Crippen LogP contribution in [0.3, 0.4) is 0 Å². The van der Waals surface area contributed by atoms with Gasteiger partial charge in [-0.15, -0.1) is 0 Å². The van der Waals surface area contributed by atoms with E-state index in [0.717, 1.165) is 24.8 Å². The lowest BCUT2D eigenvalue weighted by molar-refractivity contribution is -0.152. The van der Waals surface area contributed by atoms with E-state index in [1.54, 1.807) is 6.07 Å². The van der Waals surface area contributed by atoms with Crippen LogP contribution in [-0.2, 0) is 9.59 Å². The summed E-state index contributed by atoms with van der Waals surface area (Å²) in [6, 6.07) is 5.45. The van der Waals surface area contributed by atoms with Crippen molar-refractivity contribution in [3.8, 4) is 0 Å². The minimum Gasteiger partial charge on any atom is -0.394 e. The number of allylic oxidation sites excluding steroid dienone is 3. The smallest absolute Gasteiger partial charge is 0.229 e. The molecular weight excluding hydrogens is 443 g/mol. The highest BCUT2D eigenvalue weighted by Gasteiger charge is 2.39. The van der Waals surface area contributed by atoms with Gasteiger partial charge in [0.15, 0.2) is 0 Å².